The minimum Gasteiger partial charge on any atom is -0.352 e. The van der Waals surface area contributed by atoms with Crippen molar-refractivity contribution in [2.24, 2.45) is 11.8 Å². The van der Waals surface area contributed by atoms with E-state index in [-0.39, 0.29) is 17.7 Å². The number of piperazine rings is 1. The zero-order valence-corrected chi connectivity index (χ0v) is 18.3. The lowest BCUT2D eigenvalue weighted by atomic mass is 9.95. The Morgan fingerprint density at radius 2 is 1.50 bits per heavy atom. The van der Waals surface area contributed by atoms with Gasteiger partial charge in [0.1, 0.15) is 0 Å². The van der Waals surface area contributed by atoms with Gasteiger partial charge in [-0.2, -0.15) is 0 Å². The van der Waals surface area contributed by atoms with E-state index in [1.54, 1.807) is 0 Å². The smallest absolute Gasteiger partial charge is 0.225 e. The zero-order valence-electron chi connectivity index (χ0n) is 18.3. The summed E-state index contributed by atoms with van der Waals surface area (Å²) in [7, 11) is 0. The van der Waals surface area contributed by atoms with E-state index in [9.17, 15) is 9.59 Å². The molecule has 3 fully saturated rings. The zero-order chi connectivity index (χ0) is 20.9. The Hall–Kier alpha value is -1.92. The Morgan fingerprint density at radius 1 is 0.867 bits per heavy atom. The van der Waals surface area contributed by atoms with Gasteiger partial charge in [-0.1, -0.05) is 31.2 Å². The summed E-state index contributed by atoms with van der Waals surface area (Å²) in [5.41, 5.74) is 2.53. The van der Waals surface area contributed by atoms with E-state index in [2.05, 4.69) is 46.3 Å². The lowest BCUT2D eigenvalue weighted by molar-refractivity contribution is -0.136. The van der Waals surface area contributed by atoms with Gasteiger partial charge in [0.25, 0.3) is 0 Å². The molecule has 0 unspecified atom stereocenters. The molecule has 1 aliphatic carbocycles. The lowest BCUT2D eigenvalue weighted by Crippen LogP contribution is -2.45. The Balaban J connectivity index is 1.25. The first kappa shape index (κ1) is 21.3. The van der Waals surface area contributed by atoms with Gasteiger partial charge in [0, 0.05) is 64.2 Å². The fraction of sp³-hybridized carbons (Fsp3) is 0.667. The highest BCUT2D eigenvalue weighted by Crippen LogP contribution is 2.32. The van der Waals surface area contributed by atoms with Gasteiger partial charge in [-0.25, -0.2) is 0 Å². The fourth-order valence-electron chi connectivity index (χ4n) is 4.67. The third-order valence-electron chi connectivity index (χ3n) is 6.98. The molecule has 0 bridgehead atoms. The predicted octanol–water partition coefficient (Wildman–Crippen LogP) is 2.09. The molecule has 6 heteroatoms. The van der Waals surface area contributed by atoms with Crippen LogP contribution >= 0.6 is 0 Å². The Kier molecular flexibility index (Phi) is 7.05. The highest BCUT2D eigenvalue weighted by atomic mass is 16.2. The molecule has 1 N–H and O–H groups in total. The standard InChI is InChI=1S/C24H36N4O2/c1-2-26-13-15-27(16-14-26)18-22-6-4-3-5-21(22)17-25-23(29)19-9-11-28(12-10-19)24(30)20-7-8-20/h3-6,19-20H,2,7-18H2,1H3,(H,25,29). The van der Waals surface area contributed by atoms with Crippen LogP contribution in [0, 0.1) is 11.8 Å². The van der Waals surface area contributed by atoms with Crippen LogP contribution in [0.2, 0.25) is 0 Å². The van der Waals surface area contributed by atoms with Gasteiger partial charge < -0.3 is 15.1 Å². The minimum atomic E-state index is 0.0301. The summed E-state index contributed by atoms with van der Waals surface area (Å²) in [5.74, 6) is 0.752. The molecule has 2 amide bonds. The summed E-state index contributed by atoms with van der Waals surface area (Å²) < 4.78 is 0. The third kappa shape index (κ3) is 5.41. The molecule has 1 aromatic carbocycles. The Labute approximate surface area is 180 Å². The van der Waals surface area contributed by atoms with E-state index >= 15 is 0 Å². The maximum Gasteiger partial charge on any atom is 0.225 e. The predicted molar refractivity (Wildman–Crippen MR) is 118 cm³/mol. The summed E-state index contributed by atoms with van der Waals surface area (Å²) in [4.78, 5) is 31.9. The van der Waals surface area contributed by atoms with Crippen LogP contribution < -0.4 is 5.32 Å². The van der Waals surface area contributed by atoms with Gasteiger partial charge in [-0.05, 0) is 43.4 Å². The molecule has 4 rings (SSSR count). The van der Waals surface area contributed by atoms with Crippen molar-refractivity contribution in [2.75, 3.05) is 45.8 Å². The maximum atomic E-state index is 12.7. The molecule has 0 spiro atoms. The van der Waals surface area contributed by atoms with E-state index in [1.807, 2.05) is 4.90 Å². The average Bonchev–Trinajstić information content (AvgIpc) is 3.64. The average molecular weight is 413 g/mol. The maximum absolute atomic E-state index is 12.7. The van der Waals surface area contributed by atoms with Gasteiger partial charge in [-0.15, -0.1) is 0 Å². The molecule has 164 valence electrons. The molecule has 6 nitrogen and oxygen atoms in total. The van der Waals surface area contributed by atoms with Crippen molar-refractivity contribution in [1.82, 2.24) is 20.0 Å². The van der Waals surface area contributed by atoms with E-state index in [4.69, 9.17) is 0 Å². The number of hydrogen-bond donors (Lipinski definition) is 1. The second-order valence-electron chi connectivity index (χ2n) is 9.07. The number of nitrogens with zero attached hydrogens (tertiary/aromatic N) is 3. The van der Waals surface area contributed by atoms with Crippen LogP contribution in [-0.2, 0) is 22.7 Å². The van der Waals surface area contributed by atoms with Crippen molar-refractivity contribution in [2.45, 2.75) is 45.7 Å². The first-order valence-electron chi connectivity index (χ1n) is 11.7. The third-order valence-corrected chi connectivity index (χ3v) is 6.98. The van der Waals surface area contributed by atoms with Crippen molar-refractivity contribution >= 4 is 11.8 Å². The SMILES string of the molecule is CCN1CCN(Cc2ccccc2CNC(=O)C2CCN(C(=O)C3CC3)CC2)CC1. The van der Waals surface area contributed by atoms with Crippen LogP contribution in [-0.4, -0.2) is 72.3 Å². The second kappa shape index (κ2) is 9.92. The number of likely N-dealkylation sites (tertiary alicyclic amines) is 1. The number of rotatable bonds is 7. The fourth-order valence-corrected chi connectivity index (χ4v) is 4.67. The van der Waals surface area contributed by atoms with Crippen LogP contribution in [0.15, 0.2) is 24.3 Å². The van der Waals surface area contributed by atoms with Gasteiger partial charge in [0.05, 0.1) is 0 Å². The van der Waals surface area contributed by atoms with Crippen LogP contribution in [0.25, 0.3) is 0 Å². The first-order chi connectivity index (χ1) is 14.6. The molecule has 1 saturated carbocycles. The number of carbonyl (C=O) groups excluding carboxylic acids is 2. The molecular formula is C24H36N4O2. The van der Waals surface area contributed by atoms with Crippen LogP contribution in [0.1, 0.15) is 43.7 Å². The largest absolute Gasteiger partial charge is 0.352 e. The summed E-state index contributed by atoms with van der Waals surface area (Å²) in [6.45, 7) is 10.8. The molecular weight excluding hydrogens is 376 g/mol. The number of amides is 2. The molecule has 2 aliphatic heterocycles. The Bertz CT molecular complexity index is 732. The van der Waals surface area contributed by atoms with E-state index in [1.165, 1.54) is 11.1 Å². The number of carbonyl (C=O) groups is 2. The highest BCUT2D eigenvalue weighted by Gasteiger charge is 2.35. The number of likely N-dealkylation sites (N-methyl/N-ethyl adjacent to an activating group) is 1. The molecule has 2 saturated heterocycles. The van der Waals surface area contributed by atoms with Gasteiger partial charge >= 0.3 is 0 Å². The van der Waals surface area contributed by atoms with Gasteiger partial charge in [-0.3, -0.25) is 14.5 Å². The van der Waals surface area contributed by atoms with Crippen LogP contribution in [0.3, 0.4) is 0 Å². The van der Waals surface area contributed by atoms with E-state index in [0.29, 0.717) is 12.5 Å². The summed E-state index contributed by atoms with van der Waals surface area (Å²) in [5, 5.41) is 3.17. The van der Waals surface area contributed by atoms with Crippen molar-refractivity contribution in [1.29, 1.82) is 0 Å². The molecule has 0 aromatic heterocycles. The van der Waals surface area contributed by atoms with E-state index in [0.717, 1.165) is 78.0 Å². The first-order valence-corrected chi connectivity index (χ1v) is 11.7. The minimum absolute atomic E-state index is 0.0301. The topological polar surface area (TPSA) is 55.9 Å². The molecule has 2 heterocycles. The summed E-state index contributed by atoms with van der Waals surface area (Å²) in [6.07, 6.45) is 3.67. The highest BCUT2D eigenvalue weighted by molar-refractivity contribution is 5.82. The number of piperidine rings is 1. The quantitative estimate of drug-likeness (QED) is 0.745. The molecule has 1 aromatic rings. The van der Waals surface area contributed by atoms with Crippen molar-refractivity contribution in [3.05, 3.63) is 35.4 Å². The van der Waals surface area contributed by atoms with Gasteiger partial charge in [0.2, 0.25) is 11.8 Å². The molecule has 0 radical (unpaired) electrons. The molecule has 3 aliphatic rings. The van der Waals surface area contributed by atoms with Crippen LogP contribution in [0.5, 0.6) is 0 Å². The monoisotopic (exact) mass is 412 g/mol. The summed E-state index contributed by atoms with van der Waals surface area (Å²) >= 11 is 0. The molecule has 30 heavy (non-hydrogen) atoms. The van der Waals surface area contributed by atoms with Gasteiger partial charge in [0.15, 0.2) is 0 Å². The Morgan fingerprint density at radius 3 is 2.13 bits per heavy atom. The van der Waals surface area contributed by atoms with Crippen molar-refractivity contribution in [3.63, 3.8) is 0 Å². The van der Waals surface area contributed by atoms with E-state index < -0.39 is 0 Å². The number of benzene rings is 1. The number of nitrogens with one attached hydrogen (secondary N) is 1. The van der Waals surface area contributed by atoms with Crippen molar-refractivity contribution < 1.29 is 9.59 Å². The number of hydrogen-bond acceptors (Lipinski definition) is 4. The lowest BCUT2D eigenvalue weighted by Gasteiger charge is -2.34. The molecule has 0 atom stereocenters. The summed E-state index contributed by atoms with van der Waals surface area (Å²) in [6, 6.07) is 8.47. The van der Waals surface area contributed by atoms with Crippen LogP contribution in [0.4, 0.5) is 0 Å². The normalized spacial score (nSPS) is 21.6. The second-order valence-corrected chi connectivity index (χ2v) is 9.07. The van der Waals surface area contributed by atoms with Crippen molar-refractivity contribution in [3.8, 4) is 0 Å².